The second kappa shape index (κ2) is 13.1. The van der Waals surface area contributed by atoms with Crippen LogP contribution in [-0.4, -0.2) is 64.1 Å². The van der Waals surface area contributed by atoms with E-state index in [0.29, 0.717) is 52.6 Å². The number of carbonyl (C=O) groups excluding carboxylic acids is 2. The Kier molecular flexibility index (Phi) is 9.61. The summed E-state index contributed by atoms with van der Waals surface area (Å²) in [4.78, 5) is 28.3. The van der Waals surface area contributed by atoms with Crippen LogP contribution in [0.15, 0.2) is 42.5 Å². The quantitative estimate of drug-likeness (QED) is 0.306. The Morgan fingerprint density at radius 1 is 1.05 bits per heavy atom. The fourth-order valence-corrected chi connectivity index (χ4v) is 6.50. The summed E-state index contributed by atoms with van der Waals surface area (Å²) in [7, 11) is 0. The molecule has 0 saturated carbocycles. The number of amides is 2. The number of halogens is 3. The van der Waals surface area contributed by atoms with E-state index in [1.807, 2.05) is 56.9 Å². The second-order valence-electron chi connectivity index (χ2n) is 12.3. The van der Waals surface area contributed by atoms with Gasteiger partial charge in [-0.1, -0.05) is 46.9 Å². The number of hydrogen-bond donors (Lipinski definition) is 1. The fourth-order valence-electron chi connectivity index (χ4n) is 5.88. The van der Waals surface area contributed by atoms with E-state index in [1.54, 1.807) is 22.9 Å². The standard InChI is InChI=1S/C32H37Cl3N4O4/c1-19-28(37-39(26-12-11-23(34)16-25(26)35)29(19)20-7-9-22(33)10-8-20)30(40)38-14-5-6-21(18-38)27-17-24(13-15-42-27)36-31(41)43-32(2,3)4/h7-12,16,21,24,27H,5-6,13-15,17-18H2,1-4H3,(H,36,41). The molecule has 0 spiro atoms. The summed E-state index contributed by atoms with van der Waals surface area (Å²) >= 11 is 19.0. The average Bonchev–Trinajstić information content (AvgIpc) is 3.28. The molecule has 230 valence electrons. The third-order valence-corrected chi connectivity index (χ3v) is 8.68. The molecule has 2 amide bonds. The van der Waals surface area contributed by atoms with E-state index in [9.17, 15) is 9.59 Å². The maximum Gasteiger partial charge on any atom is 0.407 e. The number of hydrogen-bond acceptors (Lipinski definition) is 5. The van der Waals surface area contributed by atoms with Crippen LogP contribution in [-0.2, 0) is 9.47 Å². The number of piperidine rings is 1. The van der Waals surface area contributed by atoms with Crippen molar-refractivity contribution in [3.05, 3.63) is 68.8 Å². The van der Waals surface area contributed by atoms with Gasteiger partial charge in [-0.05, 0) is 83.7 Å². The lowest BCUT2D eigenvalue weighted by molar-refractivity contribution is -0.0490. The van der Waals surface area contributed by atoms with E-state index in [2.05, 4.69) is 5.32 Å². The van der Waals surface area contributed by atoms with Gasteiger partial charge >= 0.3 is 6.09 Å². The molecule has 1 aromatic heterocycles. The zero-order valence-electron chi connectivity index (χ0n) is 24.8. The van der Waals surface area contributed by atoms with E-state index >= 15 is 0 Å². The van der Waals surface area contributed by atoms with Crippen molar-refractivity contribution in [3.8, 4) is 16.9 Å². The Balaban J connectivity index is 1.37. The van der Waals surface area contributed by atoms with E-state index in [0.717, 1.165) is 36.1 Å². The molecule has 2 aliphatic heterocycles. The molecular formula is C32H37Cl3N4O4. The molecule has 5 rings (SSSR count). The first-order valence-electron chi connectivity index (χ1n) is 14.6. The third kappa shape index (κ3) is 7.48. The molecule has 0 bridgehead atoms. The Morgan fingerprint density at radius 3 is 2.47 bits per heavy atom. The van der Waals surface area contributed by atoms with Crippen molar-refractivity contribution in [3.63, 3.8) is 0 Å². The number of carbonyl (C=O) groups is 2. The van der Waals surface area contributed by atoms with Crippen molar-refractivity contribution in [1.82, 2.24) is 20.0 Å². The zero-order chi connectivity index (χ0) is 30.9. The summed E-state index contributed by atoms with van der Waals surface area (Å²) < 4.78 is 13.3. The smallest absolute Gasteiger partial charge is 0.407 e. The highest BCUT2D eigenvalue weighted by Gasteiger charge is 2.36. The van der Waals surface area contributed by atoms with Gasteiger partial charge in [-0.15, -0.1) is 0 Å². The number of ether oxygens (including phenoxy) is 2. The molecule has 3 aromatic rings. The summed E-state index contributed by atoms with van der Waals surface area (Å²) in [6.07, 6.45) is 2.71. The number of aromatic nitrogens is 2. The van der Waals surface area contributed by atoms with E-state index in [-0.39, 0.29) is 24.0 Å². The normalized spacial score (nSPS) is 21.0. The minimum Gasteiger partial charge on any atom is -0.444 e. The van der Waals surface area contributed by atoms with Gasteiger partial charge < -0.3 is 19.7 Å². The minimum atomic E-state index is -0.559. The SMILES string of the molecule is Cc1c(C(=O)N2CCCC(C3CC(NC(=O)OC(C)(C)C)CCO3)C2)nn(-c2ccc(Cl)cc2Cl)c1-c1ccc(Cl)cc1. The number of benzene rings is 2. The number of nitrogens with one attached hydrogen (secondary N) is 1. The first kappa shape index (κ1) is 31.6. The molecule has 3 atom stereocenters. The predicted octanol–water partition coefficient (Wildman–Crippen LogP) is 7.73. The van der Waals surface area contributed by atoms with Crippen molar-refractivity contribution in [2.45, 2.75) is 71.1 Å². The van der Waals surface area contributed by atoms with E-state index in [1.165, 1.54) is 0 Å². The lowest BCUT2D eigenvalue weighted by Crippen LogP contribution is -2.49. The molecular weight excluding hydrogens is 611 g/mol. The Bertz CT molecular complexity index is 1480. The van der Waals surface area contributed by atoms with Crippen LogP contribution in [0, 0.1) is 12.8 Å². The molecule has 0 radical (unpaired) electrons. The topological polar surface area (TPSA) is 85.7 Å². The predicted molar refractivity (Wildman–Crippen MR) is 170 cm³/mol. The molecule has 2 aliphatic rings. The number of alkyl carbamates (subject to hydrolysis) is 1. The largest absolute Gasteiger partial charge is 0.444 e. The summed E-state index contributed by atoms with van der Waals surface area (Å²) in [6.45, 7) is 9.17. The van der Waals surface area contributed by atoms with Gasteiger partial charge in [0.2, 0.25) is 0 Å². The van der Waals surface area contributed by atoms with Gasteiger partial charge in [-0.3, -0.25) is 4.79 Å². The maximum absolute atomic E-state index is 14.1. The number of likely N-dealkylation sites (tertiary alicyclic amines) is 1. The van der Waals surface area contributed by atoms with Crippen LogP contribution in [0.25, 0.3) is 16.9 Å². The highest BCUT2D eigenvalue weighted by Crippen LogP contribution is 2.35. The summed E-state index contributed by atoms with van der Waals surface area (Å²) in [5.74, 6) is 0.00487. The van der Waals surface area contributed by atoms with Gasteiger partial charge in [0.1, 0.15) is 5.60 Å². The van der Waals surface area contributed by atoms with Gasteiger partial charge in [0.05, 0.1) is 22.5 Å². The second-order valence-corrected chi connectivity index (χ2v) is 13.5. The first-order valence-corrected chi connectivity index (χ1v) is 15.7. The molecule has 2 aromatic carbocycles. The van der Waals surface area contributed by atoms with Crippen LogP contribution in [0.1, 0.15) is 62.5 Å². The van der Waals surface area contributed by atoms with Crippen LogP contribution in [0.2, 0.25) is 15.1 Å². The monoisotopic (exact) mass is 646 g/mol. The third-order valence-electron chi connectivity index (χ3n) is 7.89. The van der Waals surface area contributed by atoms with Crippen molar-refractivity contribution in [2.75, 3.05) is 19.7 Å². The van der Waals surface area contributed by atoms with Gasteiger partial charge in [0.15, 0.2) is 5.69 Å². The Hall–Kier alpha value is -2.78. The maximum atomic E-state index is 14.1. The minimum absolute atomic E-state index is 0.0383. The zero-order valence-corrected chi connectivity index (χ0v) is 27.1. The van der Waals surface area contributed by atoms with Gasteiger partial charge in [-0.2, -0.15) is 5.10 Å². The Morgan fingerprint density at radius 2 is 1.77 bits per heavy atom. The average molecular weight is 648 g/mol. The lowest BCUT2D eigenvalue weighted by Gasteiger charge is -2.40. The van der Waals surface area contributed by atoms with Crippen molar-refractivity contribution >= 4 is 46.8 Å². The number of nitrogens with zero attached hydrogens (tertiary/aromatic N) is 3. The van der Waals surface area contributed by atoms with Crippen LogP contribution < -0.4 is 5.32 Å². The van der Waals surface area contributed by atoms with E-state index < -0.39 is 11.7 Å². The van der Waals surface area contributed by atoms with Crippen molar-refractivity contribution in [1.29, 1.82) is 0 Å². The molecule has 2 saturated heterocycles. The van der Waals surface area contributed by atoms with Gasteiger partial charge in [0, 0.05) is 52.8 Å². The Labute approximate surface area is 267 Å². The van der Waals surface area contributed by atoms with Crippen LogP contribution >= 0.6 is 34.8 Å². The van der Waals surface area contributed by atoms with Crippen molar-refractivity contribution < 1.29 is 19.1 Å². The van der Waals surface area contributed by atoms with Crippen LogP contribution in [0.5, 0.6) is 0 Å². The van der Waals surface area contributed by atoms with E-state index in [4.69, 9.17) is 49.4 Å². The van der Waals surface area contributed by atoms with Crippen LogP contribution in [0.3, 0.4) is 0 Å². The number of rotatable bonds is 5. The molecule has 1 N–H and O–H groups in total. The highest BCUT2D eigenvalue weighted by molar-refractivity contribution is 6.35. The fraction of sp³-hybridized carbons (Fsp3) is 0.469. The molecule has 8 nitrogen and oxygen atoms in total. The lowest BCUT2D eigenvalue weighted by atomic mass is 9.87. The highest BCUT2D eigenvalue weighted by atomic mass is 35.5. The first-order chi connectivity index (χ1) is 20.4. The molecule has 43 heavy (non-hydrogen) atoms. The molecule has 3 heterocycles. The van der Waals surface area contributed by atoms with Gasteiger partial charge in [-0.25, -0.2) is 9.48 Å². The summed E-state index contributed by atoms with van der Waals surface area (Å²) in [5.41, 5.74) is 2.78. The van der Waals surface area contributed by atoms with Crippen LogP contribution in [0.4, 0.5) is 4.79 Å². The van der Waals surface area contributed by atoms with Crippen molar-refractivity contribution in [2.24, 2.45) is 5.92 Å². The molecule has 2 fully saturated rings. The van der Waals surface area contributed by atoms with Gasteiger partial charge in [0.25, 0.3) is 5.91 Å². The summed E-state index contributed by atoms with van der Waals surface area (Å²) in [5, 5.41) is 9.37. The molecule has 0 aliphatic carbocycles. The molecule has 3 unspecified atom stereocenters. The molecule has 11 heteroatoms. The summed E-state index contributed by atoms with van der Waals surface area (Å²) in [6, 6.07) is 12.6.